The third kappa shape index (κ3) is 22.5. The first-order chi connectivity index (χ1) is 28.9. The average Bonchev–Trinajstić information content (AvgIpc) is 3.75. The van der Waals surface area contributed by atoms with Crippen molar-refractivity contribution < 1.29 is 48.5 Å². The van der Waals surface area contributed by atoms with Crippen molar-refractivity contribution in [2.75, 3.05) is 13.2 Å². The monoisotopic (exact) mass is 866 g/mol. The van der Waals surface area contributed by atoms with Crippen molar-refractivity contribution in [3.05, 3.63) is 100 Å². The number of nitro groups is 1. The number of hydrogen-bond acceptors (Lipinski definition) is 10. The molecule has 12 heteroatoms. The number of rotatable bonds is 20. The first kappa shape index (κ1) is 55.4. The number of ether oxygens (including phenoxy) is 4. The number of esters is 2. The second-order valence-corrected chi connectivity index (χ2v) is 18.6. The van der Waals surface area contributed by atoms with Gasteiger partial charge in [-0.25, -0.2) is 4.79 Å². The number of allylic oxidation sites excluding steroid dienone is 1. The van der Waals surface area contributed by atoms with Gasteiger partial charge in [-0.1, -0.05) is 33.2 Å². The highest BCUT2D eigenvalue weighted by Gasteiger charge is 2.30. The quantitative estimate of drug-likeness (QED) is 0.0319. The van der Waals surface area contributed by atoms with Crippen LogP contribution in [0.5, 0.6) is 0 Å². The Labute approximate surface area is 371 Å². The molecular formula is C50H75NO11. The summed E-state index contributed by atoms with van der Waals surface area (Å²) in [5.41, 5.74) is 9.32. The molecule has 0 amide bonds. The molecule has 2 N–H and O–H groups in total. The molecule has 2 fully saturated rings. The molecule has 2 heterocycles. The molecule has 346 valence electrons. The van der Waals surface area contributed by atoms with Crippen LogP contribution in [0, 0.1) is 26.9 Å². The number of aliphatic hydroxyl groups is 1. The number of benzene rings is 1. The number of nitro benzene ring substituents is 1. The summed E-state index contributed by atoms with van der Waals surface area (Å²) in [5, 5.41) is 28.6. The second-order valence-electron chi connectivity index (χ2n) is 18.6. The van der Waals surface area contributed by atoms with Crippen molar-refractivity contribution in [1.29, 1.82) is 0 Å². The standard InChI is InChI=1S/C22H36O3.C21H34O4.C7H5NO4/c1-8-16(2)14-17(3)11-12-20-18(4)15-19(25-20)10-9-13-24-21(23)22(5,6)7;1-7-15(2)13-17(22)10-11-19-16(3)14-18(25-19)9-8-12-24-20(23)21(4,5)6;9-7(10)5-1-3-6(4-2-5)8(11)12/h17,19-20H,1,4,9-15H2,2-3,5-7H3;17-19,22H,1,3,8-14H2,2,4-6H3;1-4H,(H,9,10)/t17-,19-,20?;17-,18+,19?;/m01./s1. The fourth-order valence-corrected chi connectivity index (χ4v) is 6.60. The summed E-state index contributed by atoms with van der Waals surface area (Å²) in [6, 6.07) is 4.70. The second kappa shape index (κ2) is 27.5. The SMILES string of the molecule is C=C=C(C)C[C@@H](C)CCC1O[C@@H](CCCOC(=O)C(C)(C)C)CC1=C.C=C=C(C)C[C@H](O)CCC1O[C@@H](CCCOC(=O)C(C)(C)C)CC1=C.O=C(O)c1ccc([N+](=O)[O-])cc1. The van der Waals surface area contributed by atoms with Crippen LogP contribution in [0.1, 0.15) is 150 Å². The van der Waals surface area contributed by atoms with Gasteiger partial charge in [-0.3, -0.25) is 19.7 Å². The van der Waals surface area contributed by atoms with Gasteiger partial charge in [0.15, 0.2) is 0 Å². The number of carbonyl (C=O) groups excluding carboxylic acids is 2. The molecule has 62 heavy (non-hydrogen) atoms. The van der Waals surface area contributed by atoms with Crippen LogP contribution in [0.25, 0.3) is 0 Å². The number of hydrogen-bond donors (Lipinski definition) is 2. The molecule has 1 aromatic rings. The maximum Gasteiger partial charge on any atom is 0.335 e. The predicted molar refractivity (Wildman–Crippen MR) is 244 cm³/mol. The summed E-state index contributed by atoms with van der Waals surface area (Å²) < 4.78 is 22.8. The van der Waals surface area contributed by atoms with Gasteiger partial charge in [-0.15, -0.1) is 11.5 Å². The molecular weight excluding hydrogens is 791 g/mol. The predicted octanol–water partition coefficient (Wildman–Crippen LogP) is 11.2. The van der Waals surface area contributed by atoms with Crippen LogP contribution in [0.15, 0.2) is 84.3 Å². The summed E-state index contributed by atoms with van der Waals surface area (Å²) in [6.45, 7) is 33.9. The Morgan fingerprint density at radius 3 is 1.60 bits per heavy atom. The molecule has 2 aliphatic rings. The number of aromatic carboxylic acids is 1. The molecule has 6 atom stereocenters. The lowest BCUT2D eigenvalue weighted by atomic mass is 9.94. The molecule has 12 nitrogen and oxygen atoms in total. The minimum absolute atomic E-state index is 0.0183. The maximum absolute atomic E-state index is 11.7. The Kier molecular flexibility index (Phi) is 24.6. The summed E-state index contributed by atoms with van der Waals surface area (Å²) in [7, 11) is 0. The van der Waals surface area contributed by atoms with Crippen molar-refractivity contribution in [3.63, 3.8) is 0 Å². The molecule has 0 bridgehead atoms. The van der Waals surface area contributed by atoms with Gasteiger partial charge >= 0.3 is 17.9 Å². The molecule has 0 aliphatic carbocycles. The number of carboxylic acid groups (broad SMARTS) is 1. The van der Waals surface area contributed by atoms with Crippen molar-refractivity contribution in [3.8, 4) is 0 Å². The van der Waals surface area contributed by atoms with Crippen LogP contribution in [-0.2, 0) is 28.5 Å². The van der Waals surface area contributed by atoms with Crippen molar-refractivity contribution in [1.82, 2.24) is 0 Å². The molecule has 1 aromatic carbocycles. The van der Waals surface area contributed by atoms with E-state index in [1.165, 1.54) is 23.3 Å². The van der Waals surface area contributed by atoms with Crippen LogP contribution in [0.3, 0.4) is 0 Å². The molecule has 0 spiro atoms. The smallest absolute Gasteiger partial charge is 0.335 e. The van der Waals surface area contributed by atoms with E-state index in [9.17, 15) is 29.6 Å². The van der Waals surface area contributed by atoms with E-state index in [0.717, 1.165) is 87.5 Å². The average molecular weight is 866 g/mol. The molecule has 0 saturated carbocycles. The number of carboxylic acids is 1. The highest BCUT2D eigenvalue weighted by atomic mass is 16.6. The van der Waals surface area contributed by atoms with Crippen molar-refractivity contribution in [2.24, 2.45) is 16.7 Å². The fraction of sp³-hybridized carbons (Fsp3) is 0.620. The number of nitrogens with zero attached hydrogens (tertiary/aromatic N) is 1. The zero-order valence-electron chi connectivity index (χ0n) is 39.0. The molecule has 2 unspecified atom stereocenters. The fourth-order valence-electron chi connectivity index (χ4n) is 6.60. The molecule has 2 saturated heterocycles. The van der Waals surface area contributed by atoms with E-state index in [1.54, 1.807) is 0 Å². The Balaban J connectivity index is 0.000000493. The highest BCUT2D eigenvalue weighted by molar-refractivity contribution is 5.87. The van der Waals surface area contributed by atoms with Gasteiger partial charge < -0.3 is 29.2 Å². The first-order valence-electron chi connectivity index (χ1n) is 21.7. The topological polar surface area (TPSA) is 172 Å². The summed E-state index contributed by atoms with van der Waals surface area (Å²) >= 11 is 0. The summed E-state index contributed by atoms with van der Waals surface area (Å²) in [4.78, 5) is 43.3. The van der Waals surface area contributed by atoms with Crippen molar-refractivity contribution >= 4 is 23.6 Å². The molecule has 2 aliphatic heterocycles. The highest BCUT2D eigenvalue weighted by Crippen LogP contribution is 2.33. The Hall–Kier alpha value is -4.57. The largest absolute Gasteiger partial charge is 0.478 e. The van der Waals surface area contributed by atoms with Crippen LogP contribution in [0.2, 0.25) is 0 Å². The Morgan fingerprint density at radius 2 is 1.21 bits per heavy atom. The zero-order chi connectivity index (χ0) is 47.2. The van der Waals surface area contributed by atoms with Gasteiger partial charge in [0.05, 0.1) is 65.1 Å². The minimum Gasteiger partial charge on any atom is -0.478 e. The van der Waals surface area contributed by atoms with E-state index in [-0.39, 0.29) is 53.7 Å². The van der Waals surface area contributed by atoms with Crippen LogP contribution < -0.4 is 0 Å². The van der Waals surface area contributed by atoms with Crippen LogP contribution >= 0.6 is 0 Å². The third-order valence-electron chi connectivity index (χ3n) is 10.4. The van der Waals surface area contributed by atoms with E-state index >= 15 is 0 Å². The lowest BCUT2D eigenvalue weighted by molar-refractivity contribution is -0.384. The van der Waals surface area contributed by atoms with Crippen molar-refractivity contribution in [2.45, 2.75) is 170 Å². The lowest BCUT2D eigenvalue weighted by Gasteiger charge is -2.18. The minimum atomic E-state index is -1.09. The maximum atomic E-state index is 11.7. The number of carbonyl (C=O) groups is 3. The van der Waals surface area contributed by atoms with Gasteiger partial charge in [-0.2, -0.15) is 0 Å². The molecule has 0 aromatic heterocycles. The van der Waals surface area contributed by atoms with E-state index in [4.69, 9.17) is 24.1 Å². The molecule has 0 radical (unpaired) electrons. The first-order valence-corrected chi connectivity index (χ1v) is 21.7. The van der Waals surface area contributed by atoms with E-state index in [1.807, 2.05) is 48.5 Å². The Bertz CT molecular complexity index is 1610. The Morgan fingerprint density at radius 1 is 0.790 bits per heavy atom. The number of aliphatic hydroxyl groups excluding tert-OH is 1. The third-order valence-corrected chi connectivity index (χ3v) is 10.4. The van der Waals surface area contributed by atoms with Gasteiger partial charge in [0.25, 0.3) is 5.69 Å². The van der Waals surface area contributed by atoms with E-state index in [0.29, 0.717) is 32.0 Å². The van der Waals surface area contributed by atoms with Gasteiger partial charge in [0.1, 0.15) is 0 Å². The van der Waals surface area contributed by atoms with Gasteiger partial charge in [0.2, 0.25) is 0 Å². The van der Waals surface area contributed by atoms with Gasteiger partial charge in [0, 0.05) is 18.6 Å². The van der Waals surface area contributed by atoms with Crippen LogP contribution in [0.4, 0.5) is 5.69 Å². The number of non-ortho nitro benzene ring substituents is 1. The van der Waals surface area contributed by atoms with E-state index in [2.05, 4.69) is 51.6 Å². The van der Waals surface area contributed by atoms with E-state index < -0.39 is 21.7 Å². The van der Waals surface area contributed by atoms with Gasteiger partial charge in [-0.05, 0) is 166 Å². The lowest BCUT2D eigenvalue weighted by Crippen LogP contribution is -2.23. The zero-order valence-corrected chi connectivity index (χ0v) is 39.0. The normalized spacial score (nSPS) is 19.3. The molecule has 3 rings (SSSR count). The van der Waals surface area contributed by atoms with Crippen LogP contribution in [-0.4, -0.2) is 76.8 Å². The summed E-state index contributed by atoms with van der Waals surface area (Å²) in [6.07, 6.45) is 10.6. The summed E-state index contributed by atoms with van der Waals surface area (Å²) in [5.74, 6) is -0.786.